The molecular formula is C18H24N2O2. The molecule has 2 N–H and O–H groups in total. The number of methoxy groups -OCH3 is 1. The molecule has 1 aromatic heterocycles. The van der Waals surface area contributed by atoms with Crippen LogP contribution in [0.25, 0.3) is 11.3 Å². The van der Waals surface area contributed by atoms with Gasteiger partial charge in [0, 0.05) is 23.7 Å². The molecule has 1 unspecified atom stereocenters. The Balaban J connectivity index is 2.64. The molecule has 0 aliphatic heterocycles. The van der Waals surface area contributed by atoms with Crippen LogP contribution in [0.1, 0.15) is 32.4 Å². The summed E-state index contributed by atoms with van der Waals surface area (Å²) in [4.78, 5) is 12.7. The minimum atomic E-state index is -0.273. The average Bonchev–Trinajstić information content (AvgIpc) is 2.48. The van der Waals surface area contributed by atoms with Gasteiger partial charge in [0.2, 0.25) is 0 Å². The zero-order valence-corrected chi connectivity index (χ0v) is 13.7. The van der Waals surface area contributed by atoms with Gasteiger partial charge in [0.05, 0.1) is 12.8 Å². The van der Waals surface area contributed by atoms with E-state index < -0.39 is 0 Å². The summed E-state index contributed by atoms with van der Waals surface area (Å²) in [5.41, 5.74) is 8.41. The second-order valence-electron chi connectivity index (χ2n) is 6.00. The van der Waals surface area contributed by atoms with Crippen LogP contribution >= 0.6 is 0 Å². The van der Waals surface area contributed by atoms with Crippen molar-refractivity contribution in [2.45, 2.75) is 33.4 Å². The molecule has 0 saturated heterocycles. The number of benzene rings is 1. The second kappa shape index (κ2) is 6.79. The van der Waals surface area contributed by atoms with Crippen LogP contribution in [0.15, 0.2) is 41.2 Å². The summed E-state index contributed by atoms with van der Waals surface area (Å²) in [6.07, 6.45) is 0. The summed E-state index contributed by atoms with van der Waals surface area (Å²) >= 11 is 0. The van der Waals surface area contributed by atoms with Gasteiger partial charge in [0.1, 0.15) is 5.75 Å². The third-order valence-electron chi connectivity index (χ3n) is 3.61. The van der Waals surface area contributed by atoms with Crippen molar-refractivity contribution >= 4 is 0 Å². The maximum absolute atomic E-state index is 12.7. The highest BCUT2D eigenvalue weighted by atomic mass is 16.5. The first-order valence-electron chi connectivity index (χ1n) is 7.57. The van der Waals surface area contributed by atoms with Gasteiger partial charge in [0.15, 0.2) is 0 Å². The number of hydrogen-bond donors (Lipinski definition) is 1. The van der Waals surface area contributed by atoms with E-state index in [2.05, 4.69) is 13.8 Å². The Morgan fingerprint density at radius 3 is 2.50 bits per heavy atom. The van der Waals surface area contributed by atoms with Crippen LogP contribution < -0.4 is 16.0 Å². The molecule has 0 radical (unpaired) electrons. The summed E-state index contributed by atoms with van der Waals surface area (Å²) in [5, 5.41) is 0. The highest BCUT2D eigenvalue weighted by Crippen LogP contribution is 2.24. The molecule has 4 heteroatoms. The molecule has 2 rings (SSSR count). The third kappa shape index (κ3) is 3.39. The van der Waals surface area contributed by atoms with Crippen LogP contribution in [0.4, 0.5) is 0 Å². The van der Waals surface area contributed by atoms with Crippen molar-refractivity contribution in [2.75, 3.05) is 7.11 Å². The van der Waals surface area contributed by atoms with E-state index in [-0.39, 0.29) is 11.6 Å². The van der Waals surface area contributed by atoms with Gasteiger partial charge < -0.3 is 15.0 Å². The van der Waals surface area contributed by atoms with Gasteiger partial charge in [-0.15, -0.1) is 0 Å². The van der Waals surface area contributed by atoms with E-state index in [0.29, 0.717) is 18.0 Å². The fourth-order valence-corrected chi connectivity index (χ4v) is 2.52. The second-order valence-corrected chi connectivity index (χ2v) is 6.00. The van der Waals surface area contributed by atoms with Crippen molar-refractivity contribution in [3.05, 3.63) is 52.3 Å². The van der Waals surface area contributed by atoms with Gasteiger partial charge in [-0.05, 0) is 37.1 Å². The molecule has 4 nitrogen and oxygen atoms in total. The van der Waals surface area contributed by atoms with Gasteiger partial charge in [-0.1, -0.05) is 26.0 Å². The van der Waals surface area contributed by atoms with Gasteiger partial charge in [-0.3, -0.25) is 4.79 Å². The highest BCUT2D eigenvalue weighted by molar-refractivity contribution is 5.62. The van der Waals surface area contributed by atoms with E-state index >= 15 is 0 Å². The smallest absolute Gasteiger partial charge is 0.255 e. The lowest BCUT2D eigenvalue weighted by Crippen LogP contribution is -2.29. The zero-order chi connectivity index (χ0) is 16.3. The maximum atomic E-state index is 12.7. The SMILES string of the molecule is COc1cccc(-c2ccc(C(C)N)c(=O)n2CC(C)C)c1. The molecule has 1 aromatic carbocycles. The maximum Gasteiger partial charge on any atom is 0.255 e. The number of rotatable bonds is 5. The highest BCUT2D eigenvalue weighted by Gasteiger charge is 2.14. The van der Waals surface area contributed by atoms with Crippen LogP contribution in [0, 0.1) is 5.92 Å². The predicted octanol–water partition coefficient (Wildman–Crippen LogP) is 3.20. The number of pyridine rings is 1. The monoisotopic (exact) mass is 300 g/mol. The van der Waals surface area contributed by atoms with Gasteiger partial charge in [-0.25, -0.2) is 0 Å². The number of aromatic nitrogens is 1. The standard InChI is InChI=1S/C18H24N2O2/c1-12(2)11-20-17(9-8-16(13(3)19)18(20)21)14-6-5-7-15(10-14)22-4/h5-10,12-13H,11,19H2,1-4H3. The molecule has 1 heterocycles. The molecule has 0 amide bonds. The van der Waals surface area contributed by atoms with Crippen molar-refractivity contribution in [2.24, 2.45) is 11.7 Å². The fourth-order valence-electron chi connectivity index (χ4n) is 2.52. The molecule has 118 valence electrons. The predicted molar refractivity (Wildman–Crippen MR) is 90.1 cm³/mol. The minimum absolute atomic E-state index is 0.0102. The van der Waals surface area contributed by atoms with Gasteiger partial charge >= 0.3 is 0 Å². The van der Waals surface area contributed by atoms with Crippen LogP contribution in [0.5, 0.6) is 5.75 Å². The van der Waals surface area contributed by atoms with E-state index in [0.717, 1.165) is 17.0 Å². The Bertz CT molecular complexity index is 702. The normalized spacial score (nSPS) is 12.5. The van der Waals surface area contributed by atoms with Crippen LogP contribution in [-0.2, 0) is 6.54 Å². The number of hydrogen-bond acceptors (Lipinski definition) is 3. The Morgan fingerprint density at radius 2 is 1.91 bits per heavy atom. The summed E-state index contributed by atoms with van der Waals surface area (Å²) < 4.78 is 7.10. The molecule has 0 spiro atoms. The van der Waals surface area contributed by atoms with Crippen molar-refractivity contribution in [3.8, 4) is 17.0 Å². The lowest BCUT2D eigenvalue weighted by atomic mass is 10.1. The molecule has 1 atom stereocenters. The third-order valence-corrected chi connectivity index (χ3v) is 3.61. The first-order valence-corrected chi connectivity index (χ1v) is 7.57. The van der Waals surface area contributed by atoms with Crippen LogP contribution in [0.2, 0.25) is 0 Å². The van der Waals surface area contributed by atoms with Crippen molar-refractivity contribution in [3.63, 3.8) is 0 Å². The summed E-state index contributed by atoms with van der Waals surface area (Å²) in [6.45, 7) is 6.69. The van der Waals surface area contributed by atoms with Gasteiger partial charge in [-0.2, -0.15) is 0 Å². The topological polar surface area (TPSA) is 57.2 Å². The van der Waals surface area contributed by atoms with Crippen molar-refractivity contribution in [1.82, 2.24) is 4.57 Å². The fraction of sp³-hybridized carbons (Fsp3) is 0.389. The Hall–Kier alpha value is -2.07. The molecule has 22 heavy (non-hydrogen) atoms. The first kappa shape index (κ1) is 16.3. The quantitative estimate of drug-likeness (QED) is 0.922. The summed E-state index contributed by atoms with van der Waals surface area (Å²) in [6, 6.07) is 11.3. The van der Waals surface area contributed by atoms with E-state index in [1.165, 1.54) is 0 Å². The minimum Gasteiger partial charge on any atom is -0.497 e. The zero-order valence-electron chi connectivity index (χ0n) is 13.7. The first-order chi connectivity index (χ1) is 10.4. The summed E-state index contributed by atoms with van der Waals surface area (Å²) in [7, 11) is 1.64. The lowest BCUT2D eigenvalue weighted by molar-refractivity contribution is 0.415. The van der Waals surface area contributed by atoms with Crippen LogP contribution in [0.3, 0.4) is 0 Å². The number of nitrogens with zero attached hydrogens (tertiary/aromatic N) is 1. The van der Waals surface area contributed by atoms with E-state index in [1.54, 1.807) is 7.11 Å². The largest absolute Gasteiger partial charge is 0.497 e. The average molecular weight is 300 g/mol. The Labute approximate surface area is 131 Å². The molecule has 2 aromatic rings. The van der Waals surface area contributed by atoms with Crippen molar-refractivity contribution < 1.29 is 4.74 Å². The van der Waals surface area contributed by atoms with E-state index in [4.69, 9.17) is 10.5 Å². The molecular weight excluding hydrogens is 276 g/mol. The Kier molecular flexibility index (Phi) is 5.03. The molecule has 0 saturated carbocycles. The van der Waals surface area contributed by atoms with Crippen molar-refractivity contribution in [1.29, 1.82) is 0 Å². The number of ether oxygens (including phenoxy) is 1. The van der Waals surface area contributed by atoms with Gasteiger partial charge in [0.25, 0.3) is 5.56 Å². The van der Waals surface area contributed by atoms with E-state index in [1.807, 2.05) is 47.9 Å². The Morgan fingerprint density at radius 1 is 1.18 bits per heavy atom. The van der Waals surface area contributed by atoms with Crippen LogP contribution in [-0.4, -0.2) is 11.7 Å². The summed E-state index contributed by atoms with van der Waals surface area (Å²) in [5.74, 6) is 1.14. The molecule has 0 aliphatic carbocycles. The molecule has 0 aliphatic rings. The molecule has 0 bridgehead atoms. The molecule has 0 fully saturated rings. The number of nitrogens with two attached hydrogens (primary N) is 1. The lowest BCUT2D eigenvalue weighted by Gasteiger charge is -2.18. The van der Waals surface area contributed by atoms with E-state index in [9.17, 15) is 4.79 Å².